The van der Waals surface area contributed by atoms with Gasteiger partial charge in [0.2, 0.25) is 5.89 Å². The van der Waals surface area contributed by atoms with Crippen LogP contribution >= 0.6 is 0 Å². The number of hydrogen-bond donors (Lipinski definition) is 1. The highest BCUT2D eigenvalue weighted by atomic mass is 35.5. The summed E-state index contributed by atoms with van der Waals surface area (Å²) in [7, 11) is 4.44. The summed E-state index contributed by atoms with van der Waals surface area (Å²) < 4.78 is 12.7. The number of fused-ring (bicyclic) bond motifs is 1. The number of aliphatic hydroxyl groups is 1. The molecule has 1 atom stereocenters. The number of nitrogens with zero attached hydrogens (tertiary/aromatic N) is 2. The van der Waals surface area contributed by atoms with Gasteiger partial charge in [0, 0.05) is 18.8 Å². The summed E-state index contributed by atoms with van der Waals surface area (Å²) in [4.78, 5) is 4.61. The second kappa shape index (κ2) is 10.1. The van der Waals surface area contributed by atoms with Gasteiger partial charge in [0.25, 0.3) is 0 Å². The Kier molecular flexibility index (Phi) is 7.36. The van der Waals surface area contributed by atoms with Gasteiger partial charge in [-0.2, -0.15) is 0 Å². The molecule has 2 heterocycles. The predicted octanol–water partition coefficient (Wildman–Crippen LogP) is 1.86. The molecule has 1 unspecified atom stereocenters. The molecule has 2 aromatic carbocycles. The molecule has 0 saturated heterocycles. The Bertz CT molecular complexity index is 1090. The molecule has 0 amide bonds. The lowest BCUT2D eigenvalue weighted by molar-refractivity contribution is -0.904. The van der Waals surface area contributed by atoms with Crippen LogP contribution in [0.5, 0.6) is 5.75 Å². The molecule has 1 aliphatic heterocycles. The fourth-order valence-electron chi connectivity index (χ4n) is 5.45. The topological polar surface area (TPSA) is 55.5 Å². The lowest BCUT2D eigenvalue weighted by Crippen LogP contribution is -3.00. The number of oxazole rings is 1. The van der Waals surface area contributed by atoms with Crippen LogP contribution in [0.25, 0.3) is 0 Å². The molecule has 1 saturated carbocycles. The van der Waals surface area contributed by atoms with Crippen molar-refractivity contribution in [3.05, 3.63) is 83.1 Å². The minimum absolute atomic E-state index is 0. The molecule has 2 aliphatic rings. The first kappa shape index (κ1) is 24.8. The molecule has 5 nitrogen and oxygen atoms in total. The minimum atomic E-state index is -1.17. The summed E-state index contributed by atoms with van der Waals surface area (Å²) in [6.07, 6.45) is 8.10. The molecule has 0 bridgehead atoms. The second-order valence-electron chi connectivity index (χ2n) is 10.4. The zero-order chi connectivity index (χ0) is 22.9. The van der Waals surface area contributed by atoms with E-state index in [1.54, 1.807) is 0 Å². The Balaban J connectivity index is 0.00000274. The molecule has 1 fully saturated rings. The van der Waals surface area contributed by atoms with Gasteiger partial charge in [0.15, 0.2) is 11.4 Å². The predicted molar refractivity (Wildman–Crippen MR) is 128 cm³/mol. The van der Waals surface area contributed by atoms with E-state index in [1.807, 2.05) is 36.5 Å². The molecule has 5 rings (SSSR count). The molecule has 1 N–H and O–H groups in total. The van der Waals surface area contributed by atoms with Gasteiger partial charge >= 0.3 is 0 Å². The number of aromatic nitrogens is 1. The number of likely N-dealkylation sites (N-methyl/N-ethyl adjacent to an activating group) is 1. The zero-order valence-electron chi connectivity index (χ0n) is 20.2. The van der Waals surface area contributed by atoms with Crippen molar-refractivity contribution in [2.24, 2.45) is 5.92 Å². The van der Waals surface area contributed by atoms with Gasteiger partial charge in [-0.15, -0.1) is 0 Å². The van der Waals surface area contributed by atoms with E-state index in [4.69, 9.17) is 9.15 Å². The van der Waals surface area contributed by atoms with E-state index in [9.17, 15) is 5.11 Å². The van der Waals surface area contributed by atoms with Gasteiger partial charge in [0.05, 0.1) is 33.4 Å². The fourth-order valence-corrected chi connectivity index (χ4v) is 5.45. The molecular weight excluding hydrogens is 448 g/mol. The van der Waals surface area contributed by atoms with Crippen molar-refractivity contribution < 1.29 is 31.2 Å². The van der Waals surface area contributed by atoms with E-state index in [0.717, 1.165) is 79.8 Å². The maximum Gasteiger partial charge on any atom is 0.231 e. The van der Waals surface area contributed by atoms with Crippen LogP contribution in [-0.4, -0.2) is 41.8 Å². The molecular formula is C28H35ClN2O3. The van der Waals surface area contributed by atoms with Crippen molar-refractivity contribution in [3.8, 4) is 5.75 Å². The number of halogens is 1. The van der Waals surface area contributed by atoms with Crippen LogP contribution in [0.3, 0.4) is 0 Å². The Morgan fingerprint density at radius 1 is 1.09 bits per heavy atom. The number of quaternary nitrogens is 1. The summed E-state index contributed by atoms with van der Waals surface area (Å²) >= 11 is 0. The van der Waals surface area contributed by atoms with Crippen molar-refractivity contribution in [1.82, 2.24) is 4.98 Å². The van der Waals surface area contributed by atoms with Crippen LogP contribution in [0, 0.1) is 5.92 Å². The fraction of sp³-hybridized carbons (Fsp3) is 0.464. The van der Waals surface area contributed by atoms with Gasteiger partial charge in [-0.05, 0) is 35.6 Å². The molecule has 0 spiro atoms. The molecule has 34 heavy (non-hydrogen) atoms. The van der Waals surface area contributed by atoms with E-state index >= 15 is 0 Å². The molecule has 1 aromatic heterocycles. The number of ether oxygens (including phenoxy) is 1. The quantitative estimate of drug-likeness (QED) is 0.498. The molecule has 6 heteroatoms. The van der Waals surface area contributed by atoms with Gasteiger partial charge < -0.3 is 31.2 Å². The van der Waals surface area contributed by atoms with Gasteiger partial charge in [-0.1, -0.05) is 55.3 Å². The summed E-state index contributed by atoms with van der Waals surface area (Å²) in [6.45, 7) is 2.52. The summed E-state index contributed by atoms with van der Waals surface area (Å²) in [5, 5.41) is 11.9. The highest BCUT2D eigenvalue weighted by molar-refractivity contribution is 5.39. The Labute approximate surface area is 208 Å². The first-order chi connectivity index (χ1) is 15.9. The zero-order valence-corrected chi connectivity index (χ0v) is 20.9. The number of benzene rings is 2. The number of rotatable bonds is 8. The first-order valence-electron chi connectivity index (χ1n) is 12.2. The van der Waals surface area contributed by atoms with Crippen LogP contribution in [0.15, 0.2) is 59.1 Å². The van der Waals surface area contributed by atoms with E-state index < -0.39 is 5.60 Å². The van der Waals surface area contributed by atoms with E-state index in [0.29, 0.717) is 5.89 Å². The van der Waals surface area contributed by atoms with E-state index in [2.05, 4.69) is 37.3 Å². The monoisotopic (exact) mass is 482 g/mol. The van der Waals surface area contributed by atoms with Gasteiger partial charge in [-0.25, -0.2) is 4.98 Å². The third kappa shape index (κ3) is 5.02. The Morgan fingerprint density at radius 3 is 2.62 bits per heavy atom. The third-order valence-electron chi connectivity index (χ3n) is 7.38. The smallest absolute Gasteiger partial charge is 0.231 e. The maximum absolute atomic E-state index is 11.9. The SMILES string of the molecule is C[N+](C)(CCc1ccc2c(c1)CCO2)Cc1cnc(C(O)(c2ccccc2)C2CCCC2)o1.[Cl-]. The lowest BCUT2D eigenvalue weighted by atomic mass is 9.80. The average molecular weight is 483 g/mol. The lowest BCUT2D eigenvalue weighted by Gasteiger charge is -2.32. The van der Waals surface area contributed by atoms with Crippen molar-refractivity contribution in [3.63, 3.8) is 0 Å². The van der Waals surface area contributed by atoms with Crippen molar-refractivity contribution in [2.75, 3.05) is 27.2 Å². The van der Waals surface area contributed by atoms with E-state index in [1.165, 1.54) is 11.1 Å². The van der Waals surface area contributed by atoms with E-state index in [-0.39, 0.29) is 18.3 Å². The van der Waals surface area contributed by atoms with Crippen LogP contribution in [0.1, 0.15) is 54.0 Å². The molecule has 182 valence electrons. The van der Waals surface area contributed by atoms with Crippen molar-refractivity contribution >= 4 is 0 Å². The highest BCUT2D eigenvalue weighted by Crippen LogP contribution is 2.44. The Hall–Kier alpha value is -2.34. The Morgan fingerprint density at radius 2 is 1.85 bits per heavy atom. The maximum atomic E-state index is 11.9. The number of hydrogen-bond acceptors (Lipinski definition) is 4. The summed E-state index contributed by atoms with van der Waals surface area (Å²) in [6, 6.07) is 16.5. The van der Waals surface area contributed by atoms with Crippen LogP contribution in [0.2, 0.25) is 0 Å². The second-order valence-corrected chi connectivity index (χ2v) is 10.4. The van der Waals surface area contributed by atoms with Crippen LogP contribution < -0.4 is 17.1 Å². The van der Waals surface area contributed by atoms with Gasteiger partial charge in [0.1, 0.15) is 12.3 Å². The van der Waals surface area contributed by atoms with Crippen molar-refractivity contribution in [2.45, 2.75) is 50.7 Å². The minimum Gasteiger partial charge on any atom is -1.00 e. The van der Waals surface area contributed by atoms with Crippen molar-refractivity contribution in [1.29, 1.82) is 0 Å². The highest BCUT2D eigenvalue weighted by Gasteiger charge is 2.45. The first-order valence-corrected chi connectivity index (χ1v) is 12.2. The molecule has 1 aliphatic carbocycles. The summed E-state index contributed by atoms with van der Waals surface area (Å²) in [5.74, 6) is 2.44. The standard InChI is InChI=1S/C28H35N2O3.ClH/c1-30(2,16-14-21-12-13-26-22(18-21)15-17-32-26)20-25-19-29-27(33-25)28(31,24-10-6-7-11-24)23-8-4-3-5-9-23;/h3-5,8-9,12-13,18-19,24,31H,6-7,10-11,14-17,20H2,1-2H3;1H/q+1;/p-1. The molecule has 3 aromatic rings. The largest absolute Gasteiger partial charge is 1.00 e. The van der Waals surface area contributed by atoms with Gasteiger partial charge in [-0.3, -0.25) is 0 Å². The summed E-state index contributed by atoms with van der Waals surface area (Å²) in [5.41, 5.74) is 2.38. The molecule has 0 radical (unpaired) electrons. The van der Waals surface area contributed by atoms with Crippen LogP contribution in [-0.2, 0) is 25.0 Å². The average Bonchev–Trinajstić information content (AvgIpc) is 3.59. The third-order valence-corrected chi connectivity index (χ3v) is 7.38. The van der Waals surface area contributed by atoms with Crippen LogP contribution in [0.4, 0.5) is 0 Å². The normalized spacial score (nSPS) is 17.6.